The Labute approximate surface area is 175 Å². The molecule has 0 aromatic heterocycles. The quantitative estimate of drug-likeness (QED) is 0.558. The van der Waals surface area contributed by atoms with Gasteiger partial charge in [0.15, 0.2) is 0 Å². The average Bonchev–Trinajstić information content (AvgIpc) is 3.23. The number of amides is 2. The van der Waals surface area contributed by atoms with Crippen LogP contribution in [-0.2, 0) is 11.2 Å². The van der Waals surface area contributed by atoms with E-state index in [9.17, 15) is 19.7 Å². The van der Waals surface area contributed by atoms with Crippen LogP contribution in [0.4, 0.5) is 5.69 Å². The first-order chi connectivity index (χ1) is 14.4. The van der Waals surface area contributed by atoms with Gasteiger partial charge < -0.3 is 15.0 Å². The van der Waals surface area contributed by atoms with E-state index in [0.717, 1.165) is 17.7 Å². The van der Waals surface area contributed by atoms with Crippen LogP contribution in [0.5, 0.6) is 5.75 Å². The fourth-order valence-electron chi connectivity index (χ4n) is 3.68. The molecule has 2 amide bonds. The molecule has 1 atom stereocenters. The van der Waals surface area contributed by atoms with Crippen molar-refractivity contribution in [2.75, 3.05) is 20.2 Å². The maximum absolute atomic E-state index is 12.9. The second-order valence-corrected chi connectivity index (χ2v) is 7.30. The van der Waals surface area contributed by atoms with Gasteiger partial charge in [-0.1, -0.05) is 12.1 Å². The largest absolute Gasteiger partial charge is 0.497 e. The molecular formula is C22H25N3O5. The molecule has 0 radical (unpaired) electrons. The van der Waals surface area contributed by atoms with Crippen LogP contribution in [0.1, 0.15) is 34.3 Å². The van der Waals surface area contributed by atoms with E-state index >= 15 is 0 Å². The molecule has 1 N–H and O–H groups in total. The zero-order chi connectivity index (χ0) is 21.7. The van der Waals surface area contributed by atoms with Crippen LogP contribution in [0.2, 0.25) is 0 Å². The lowest BCUT2D eigenvalue weighted by atomic mass is 10.1. The first-order valence-electron chi connectivity index (χ1n) is 9.87. The minimum atomic E-state index is -0.524. The van der Waals surface area contributed by atoms with E-state index in [0.29, 0.717) is 37.1 Å². The number of aryl methyl sites for hydroxylation is 1. The number of nitro benzene ring substituents is 1. The summed E-state index contributed by atoms with van der Waals surface area (Å²) < 4.78 is 5.14. The molecule has 2 aromatic carbocycles. The number of carbonyl (C=O) groups excluding carboxylic acids is 2. The third-order valence-corrected chi connectivity index (χ3v) is 5.33. The summed E-state index contributed by atoms with van der Waals surface area (Å²) in [4.78, 5) is 37.7. The second kappa shape index (κ2) is 9.39. The third kappa shape index (κ3) is 4.76. The molecule has 3 rings (SSSR count). The Morgan fingerprint density at radius 1 is 1.23 bits per heavy atom. The second-order valence-electron chi connectivity index (χ2n) is 7.30. The minimum absolute atomic E-state index is 0.0270. The van der Waals surface area contributed by atoms with E-state index < -0.39 is 11.0 Å². The van der Waals surface area contributed by atoms with Crippen molar-refractivity contribution in [2.45, 2.75) is 32.2 Å². The maximum Gasteiger partial charge on any atom is 0.272 e. The smallest absolute Gasteiger partial charge is 0.272 e. The summed E-state index contributed by atoms with van der Waals surface area (Å²) in [6.07, 6.45) is 2.03. The van der Waals surface area contributed by atoms with Gasteiger partial charge >= 0.3 is 0 Å². The molecule has 0 saturated carbocycles. The Bertz CT molecular complexity index is 942. The van der Waals surface area contributed by atoms with Crippen LogP contribution in [0.3, 0.4) is 0 Å². The molecule has 2 aromatic rings. The van der Waals surface area contributed by atoms with Gasteiger partial charge in [-0.2, -0.15) is 0 Å². The molecule has 1 aliphatic rings. The molecule has 8 heteroatoms. The lowest BCUT2D eigenvalue weighted by molar-refractivity contribution is -0.385. The van der Waals surface area contributed by atoms with Gasteiger partial charge in [-0.05, 0) is 56.0 Å². The summed E-state index contributed by atoms with van der Waals surface area (Å²) in [7, 11) is 1.61. The molecule has 30 heavy (non-hydrogen) atoms. The van der Waals surface area contributed by atoms with Crippen LogP contribution in [0.15, 0.2) is 42.5 Å². The Kier molecular flexibility index (Phi) is 6.66. The Morgan fingerprint density at radius 2 is 1.97 bits per heavy atom. The molecule has 1 fully saturated rings. The van der Waals surface area contributed by atoms with Crippen LogP contribution in [0.25, 0.3) is 0 Å². The van der Waals surface area contributed by atoms with Crippen molar-refractivity contribution in [1.29, 1.82) is 0 Å². The van der Waals surface area contributed by atoms with Gasteiger partial charge in [0, 0.05) is 30.3 Å². The Morgan fingerprint density at radius 3 is 2.60 bits per heavy atom. The molecule has 1 heterocycles. The van der Waals surface area contributed by atoms with Crippen molar-refractivity contribution < 1.29 is 19.2 Å². The molecular weight excluding hydrogens is 386 g/mol. The zero-order valence-electron chi connectivity index (χ0n) is 17.1. The van der Waals surface area contributed by atoms with Gasteiger partial charge in [-0.15, -0.1) is 0 Å². The van der Waals surface area contributed by atoms with Gasteiger partial charge in [0.25, 0.3) is 11.6 Å². The minimum Gasteiger partial charge on any atom is -0.497 e. The molecule has 1 unspecified atom stereocenters. The molecule has 0 bridgehead atoms. The summed E-state index contributed by atoms with van der Waals surface area (Å²) >= 11 is 0. The van der Waals surface area contributed by atoms with Gasteiger partial charge in [0.2, 0.25) is 5.91 Å². The highest BCUT2D eigenvalue weighted by molar-refractivity contribution is 5.98. The normalized spacial score (nSPS) is 15.7. The predicted molar refractivity (Wildman–Crippen MR) is 112 cm³/mol. The van der Waals surface area contributed by atoms with E-state index in [-0.39, 0.29) is 17.5 Å². The average molecular weight is 411 g/mol. The van der Waals surface area contributed by atoms with E-state index in [1.54, 1.807) is 18.9 Å². The highest BCUT2D eigenvalue weighted by Crippen LogP contribution is 2.24. The molecule has 0 spiro atoms. The number of hydrogen-bond donors (Lipinski definition) is 1. The fourth-order valence-corrected chi connectivity index (χ4v) is 3.68. The highest BCUT2D eigenvalue weighted by atomic mass is 16.6. The number of ether oxygens (including phenoxy) is 1. The highest BCUT2D eigenvalue weighted by Gasteiger charge is 2.34. The molecule has 0 aliphatic carbocycles. The Hall–Kier alpha value is -3.42. The van der Waals surface area contributed by atoms with Crippen molar-refractivity contribution >= 4 is 17.5 Å². The Balaban J connectivity index is 1.60. The SMILES string of the molecule is COc1ccc(CCNC(=O)C2CCCN2C(=O)c2ccc([N+](=O)[O-])c(C)c2)cc1. The van der Waals surface area contributed by atoms with E-state index in [1.807, 2.05) is 24.3 Å². The monoisotopic (exact) mass is 411 g/mol. The van der Waals surface area contributed by atoms with Crippen molar-refractivity contribution in [1.82, 2.24) is 10.2 Å². The zero-order valence-corrected chi connectivity index (χ0v) is 17.1. The van der Waals surface area contributed by atoms with Crippen LogP contribution >= 0.6 is 0 Å². The number of nitrogens with zero attached hydrogens (tertiary/aromatic N) is 2. The molecule has 158 valence electrons. The van der Waals surface area contributed by atoms with Gasteiger partial charge in [0.1, 0.15) is 11.8 Å². The molecule has 1 aliphatic heterocycles. The van der Waals surface area contributed by atoms with Gasteiger partial charge in [-0.3, -0.25) is 19.7 Å². The number of rotatable bonds is 7. The number of likely N-dealkylation sites (tertiary alicyclic amines) is 1. The summed E-state index contributed by atoms with van der Waals surface area (Å²) in [5.74, 6) is 0.332. The molecule has 8 nitrogen and oxygen atoms in total. The van der Waals surface area contributed by atoms with E-state index in [2.05, 4.69) is 5.32 Å². The number of hydrogen-bond acceptors (Lipinski definition) is 5. The van der Waals surface area contributed by atoms with Crippen molar-refractivity contribution in [3.8, 4) is 5.75 Å². The number of carbonyl (C=O) groups is 2. The predicted octanol–water partition coefficient (Wildman–Crippen LogP) is 2.88. The first kappa shape index (κ1) is 21.3. The van der Waals surface area contributed by atoms with Gasteiger partial charge in [0.05, 0.1) is 12.0 Å². The maximum atomic E-state index is 12.9. The van der Waals surface area contributed by atoms with E-state index in [4.69, 9.17) is 4.74 Å². The van der Waals surface area contributed by atoms with Crippen molar-refractivity contribution in [3.63, 3.8) is 0 Å². The third-order valence-electron chi connectivity index (χ3n) is 5.33. The lowest BCUT2D eigenvalue weighted by Gasteiger charge is -2.24. The summed E-state index contributed by atoms with van der Waals surface area (Å²) in [5.41, 5.74) is 1.83. The number of methoxy groups -OCH3 is 1. The van der Waals surface area contributed by atoms with Crippen molar-refractivity contribution in [3.05, 3.63) is 69.3 Å². The molecule has 1 saturated heterocycles. The van der Waals surface area contributed by atoms with Gasteiger partial charge in [-0.25, -0.2) is 0 Å². The summed E-state index contributed by atoms with van der Waals surface area (Å²) in [6.45, 7) is 2.56. The van der Waals surface area contributed by atoms with E-state index in [1.165, 1.54) is 18.2 Å². The fraction of sp³-hybridized carbons (Fsp3) is 0.364. The van der Waals surface area contributed by atoms with Crippen LogP contribution in [-0.4, -0.2) is 47.9 Å². The topological polar surface area (TPSA) is 102 Å². The summed E-state index contributed by atoms with van der Waals surface area (Å²) in [6, 6.07) is 11.4. The number of nitrogens with one attached hydrogen (secondary N) is 1. The first-order valence-corrected chi connectivity index (χ1v) is 9.87. The number of benzene rings is 2. The number of nitro groups is 1. The van der Waals surface area contributed by atoms with Crippen molar-refractivity contribution in [2.24, 2.45) is 0 Å². The lowest BCUT2D eigenvalue weighted by Crippen LogP contribution is -2.46. The van der Waals surface area contributed by atoms with Crippen LogP contribution < -0.4 is 10.1 Å². The standard InChI is InChI=1S/C22H25N3O5/c1-15-14-17(7-10-19(15)25(28)29)22(27)24-13-3-4-20(24)21(26)23-12-11-16-5-8-18(30-2)9-6-16/h5-10,14,20H,3-4,11-13H2,1-2H3,(H,23,26). The summed E-state index contributed by atoms with van der Waals surface area (Å²) in [5, 5.41) is 13.9. The van der Waals surface area contributed by atoms with Crippen LogP contribution in [0, 0.1) is 17.0 Å².